The molecule has 1 fully saturated rings. The van der Waals surface area contributed by atoms with E-state index in [4.69, 9.17) is 15.8 Å². The van der Waals surface area contributed by atoms with Gasteiger partial charge in [-0.05, 0) is 12.1 Å². The molecule has 0 spiro atoms. The summed E-state index contributed by atoms with van der Waals surface area (Å²) in [6.45, 7) is 1.82. The van der Waals surface area contributed by atoms with E-state index in [2.05, 4.69) is 16.5 Å². The van der Waals surface area contributed by atoms with Gasteiger partial charge in [0.05, 0.1) is 19.2 Å². The maximum atomic E-state index is 8.80. The highest BCUT2D eigenvalue weighted by Crippen LogP contribution is 2.16. The lowest BCUT2D eigenvalue weighted by Gasteiger charge is -2.30. The van der Waals surface area contributed by atoms with Gasteiger partial charge in [0.1, 0.15) is 11.6 Å². The number of anilines is 2. The van der Waals surface area contributed by atoms with E-state index in [1.54, 1.807) is 6.07 Å². The fourth-order valence-corrected chi connectivity index (χ4v) is 1.62. The number of hydrogen-bond acceptors (Lipinski definition) is 6. The molecule has 0 bridgehead atoms. The third kappa shape index (κ3) is 2.21. The molecule has 1 aromatic heterocycles. The molecule has 2 rings (SSSR count). The average Bonchev–Trinajstić information content (AvgIpc) is 2.39. The Hall–Kier alpha value is -1.84. The molecule has 1 unspecified atom stereocenters. The number of hydrazine groups is 1. The van der Waals surface area contributed by atoms with Gasteiger partial charge in [0.15, 0.2) is 6.10 Å². The van der Waals surface area contributed by atoms with Gasteiger partial charge in [0, 0.05) is 6.54 Å². The smallest absolute Gasteiger partial charge is 0.161 e. The Morgan fingerprint density at radius 1 is 1.62 bits per heavy atom. The van der Waals surface area contributed by atoms with Gasteiger partial charge in [0.2, 0.25) is 0 Å². The number of rotatable bonds is 2. The molecule has 1 saturated heterocycles. The molecule has 6 heteroatoms. The van der Waals surface area contributed by atoms with Crippen LogP contribution in [0.1, 0.15) is 0 Å². The van der Waals surface area contributed by atoms with E-state index < -0.39 is 0 Å². The van der Waals surface area contributed by atoms with E-state index in [9.17, 15) is 0 Å². The second-order valence-corrected chi connectivity index (χ2v) is 3.46. The highest BCUT2D eigenvalue weighted by atomic mass is 16.5. The number of nitrogens with one attached hydrogen (secondary N) is 1. The maximum absolute atomic E-state index is 8.80. The van der Waals surface area contributed by atoms with E-state index in [0.29, 0.717) is 19.0 Å². The average molecular weight is 219 g/mol. The fourth-order valence-electron chi connectivity index (χ4n) is 1.62. The van der Waals surface area contributed by atoms with Crippen LogP contribution in [0.5, 0.6) is 0 Å². The molecule has 1 aliphatic heterocycles. The Morgan fingerprint density at radius 2 is 2.50 bits per heavy atom. The summed E-state index contributed by atoms with van der Waals surface area (Å²) >= 11 is 0. The first kappa shape index (κ1) is 10.7. The Balaban J connectivity index is 2.14. The van der Waals surface area contributed by atoms with Gasteiger partial charge in [0.25, 0.3) is 0 Å². The van der Waals surface area contributed by atoms with Gasteiger partial charge in [-0.15, -0.1) is 0 Å². The van der Waals surface area contributed by atoms with E-state index in [-0.39, 0.29) is 6.10 Å². The molecule has 3 N–H and O–H groups in total. The SMILES string of the molecule is N#CC1CN(c2cccc(NN)n2)CCO1. The van der Waals surface area contributed by atoms with Gasteiger partial charge in [-0.25, -0.2) is 10.8 Å². The highest BCUT2D eigenvalue weighted by Gasteiger charge is 2.20. The number of pyridine rings is 1. The van der Waals surface area contributed by atoms with Crippen LogP contribution in [0.15, 0.2) is 18.2 Å². The van der Waals surface area contributed by atoms with Gasteiger partial charge < -0.3 is 15.1 Å². The van der Waals surface area contributed by atoms with Crippen LogP contribution in [-0.4, -0.2) is 30.8 Å². The summed E-state index contributed by atoms with van der Waals surface area (Å²) in [5.74, 6) is 6.71. The van der Waals surface area contributed by atoms with Crippen molar-refractivity contribution in [3.05, 3.63) is 18.2 Å². The molecule has 0 aromatic carbocycles. The molecule has 0 radical (unpaired) electrons. The van der Waals surface area contributed by atoms with Crippen molar-refractivity contribution >= 4 is 11.6 Å². The van der Waals surface area contributed by atoms with E-state index >= 15 is 0 Å². The topological polar surface area (TPSA) is 87.2 Å². The van der Waals surface area contributed by atoms with Crippen molar-refractivity contribution in [2.45, 2.75) is 6.10 Å². The van der Waals surface area contributed by atoms with Crippen LogP contribution in [-0.2, 0) is 4.74 Å². The van der Waals surface area contributed by atoms with Gasteiger partial charge in [-0.2, -0.15) is 5.26 Å². The summed E-state index contributed by atoms with van der Waals surface area (Å²) in [5, 5.41) is 8.80. The van der Waals surface area contributed by atoms with Crippen LogP contribution in [0, 0.1) is 11.3 Å². The Bertz CT molecular complexity index is 402. The highest BCUT2D eigenvalue weighted by molar-refractivity contribution is 5.47. The number of hydrogen-bond donors (Lipinski definition) is 2. The predicted molar refractivity (Wildman–Crippen MR) is 59.6 cm³/mol. The van der Waals surface area contributed by atoms with E-state index in [0.717, 1.165) is 12.4 Å². The molecular weight excluding hydrogens is 206 g/mol. The summed E-state index contributed by atoms with van der Waals surface area (Å²) in [7, 11) is 0. The molecular formula is C10H13N5O. The van der Waals surface area contributed by atoms with Crippen LogP contribution in [0.4, 0.5) is 11.6 Å². The minimum absolute atomic E-state index is 0.384. The normalized spacial score (nSPS) is 20.2. The monoisotopic (exact) mass is 219 g/mol. The van der Waals surface area contributed by atoms with E-state index in [1.807, 2.05) is 17.0 Å². The van der Waals surface area contributed by atoms with Crippen molar-refractivity contribution in [2.75, 3.05) is 30.0 Å². The summed E-state index contributed by atoms with van der Waals surface area (Å²) < 4.78 is 5.26. The van der Waals surface area contributed by atoms with Crippen molar-refractivity contribution in [2.24, 2.45) is 5.84 Å². The summed E-state index contributed by atoms with van der Waals surface area (Å²) in [6, 6.07) is 7.64. The number of aromatic nitrogens is 1. The first-order chi connectivity index (χ1) is 7.83. The number of nitriles is 1. The first-order valence-corrected chi connectivity index (χ1v) is 5.03. The van der Waals surface area contributed by atoms with Crippen molar-refractivity contribution in [3.63, 3.8) is 0 Å². The molecule has 84 valence electrons. The third-order valence-electron chi connectivity index (χ3n) is 2.42. The third-order valence-corrected chi connectivity index (χ3v) is 2.42. The molecule has 6 nitrogen and oxygen atoms in total. The summed E-state index contributed by atoms with van der Waals surface area (Å²) in [4.78, 5) is 6.32. The Morgan fingerprint density at radius 3 is 3.25 bits per heavy atom. The maximum Gasteiger partial charge on any atom is 0.161 e. The molecule has 1 atom stereocenters. The minimum atomic E-state index is -0.384. The second-order valence-electron chi connectivity index (χ2n) is 3.46. The van der Waals surface area contributed by atoms with Crippen molar-refractivity contribution in [1.29, 1.82) is 5.26 Å². The zero-order valence-corrected chi connectivity index (χ0v) is 8.76. The van der Waals surface area contributed by atoms with Gasteiger partial charge in [-0.3, -0.25) is 0 Å². The summed E-state index contributed by atoms with van der Waals surface area (Å²) in [5.41, 5.74) is 2.50. The number of nitrogens with zero attached hydrogens (tertiary/aromatic N) is 3. The molecule has 16 heavy (non-hydrogen) atoms. The zero-order chi connectivity index (χ0) is 11.4. The van der Waals surface area contributed by atoms with Gasteiger partial charge >= 0.3 is 0 Å². The number of nitrogen functional groups attached to an aromatic ring is 1. The molecule has 0 amide bonds. The number of nitrogens with two attached hydrogens (primary N) is 1. The quantitative estimate of drug-likeness (QED) is 0.541. The van der Waals surface area contributed by atoms with Crippen LogP contribution >= 0.6 is 0 Å². The van der Waals surface area contributed by atoms with Crippen molar-refractivity contribution in [1.82, 2.24) is 4.98 Å². The van der Waals surface area contributed by atoms with Crippen LogP contribution < -0.4 is 16.2 Å². The molecule has 0 saturated carbocycles. The zero-order valence-electron chi connectivity index (χ0n) is 8.76. The van der Waals surface area contributed by atoms with Crippen LogP contribution in [0.2, 0.25) is 0 Å². The van der Waals surface area contributed by atoms with Crippen molar-refractivity contribution < 1.29 is 4.74 Å². The summed E-state index contributed by atoms with van der Waals surface area (Å²) in [6.07, 6.45) is -0.384. The second kappa shape index (κ2) is 4.79. The van der Waals surface area contributed by atoms with E-state index in [1.165, 1.54) is 0 Å². The minimum Gasteiger partial charge on any atom is -0.360 e. The van der Waals surface area contributed by atoms with Crippen LogP contribution in [0.25, 0.3) is 0 Å². The number of ether oxygens (including phenoxy) is 1. The number of morpholine rings is 1. The molecule has 1 aromatic rings. The lowest BCUT2D eigenvalue weighted by molar-refractivity contribution is 0.0761. The van der Waals surface area contributed by atoms with Crippen molar-refractivity contribution in [3.8, 4) is 6.07 Å². The Kier molecular flexibility index (Phi) is 3.19. The lowest BCUT2D eigenvalue weighted by atomic mass is 10.3. The first-order valence-electron chi connectivity index (χ1n) is 5.03. The predicted octanol–water partition coefficient (Wildman–Crippen LogP) is 0.0960. The standard InChI is InChI=1S/C10H13N5O/c11-6-8-7-15(4-5-16-8)10-3-1-2-9(13-10)14-12/h1-3,8H,4-5,7,12H2,(H,13,14). The lowest BCUT2D eigenvalue weighted by Crippen LogP contribution is -2.42. The Labute approximate surface area is 93.6 Å². The molecule has 2 heterocycles. The van der Waals surface area contributed by atoms with Gasteiger partial charge in [-0.1, -0.05) is 6.07 Å². The van der Waals surface area contributed by atoms with Crippen LogP contribution in [0.3, 0.4) is 0 Å². The fraction of sp³-hybridized carbons (Fsp3) is 0.400. The molecule has 0 aliphatic carbocycles. The molecule has 1 aliphatic rings. The largest absolute Gasteiger partial charge is 0.360 e.